The van der Waals surface area contributed by atoms with Crippen molar-refractivity contribution in [2.75, 3.05) is 19.6 Å². The summed E-state index contributed by atoms with van der Waals surface area (Å²) in [7, 11) is 0. The quantitative estimate of drug-likeness (QED) is 0.657. The molecule has 0 amide bonds. The second-order valence-corrected chi connectivity index (χ2v) is 4.20. The summed E-state index contributed by atoms with van der Waals surface area (Å²) >= 11 is 5.77. The van der Waals surface area contributed by atoms with Crippen LogP contribution in [0.4, 0.5) is 0 Å². The van der Waals surface area contributed by atoms with Gasteiger partial charge in [-0.1, -0.05) is 31.5 Å². The number of hydrogen-bond donors (Lipinski definition) is 0. The van der Waals surface area contributed by atoms with Crippen molar-refractivity contribution in [3.05, 3.63) is 11.6 Å². The van der Waals surface area contributed by atoms with Crippen LogP contribution in [0.5, 0.6) is 0 Å². The normalized spacial score (nSPS) is 25.7. The molecule has 1 aliphatic heterocycles. The fourth-order valence-corrected chi connectivity index (χ4v) is 2.04. The Kier molecular flexibility index (Phi) is 4.10. The molecule has 0 aliphatic carbocycles. The van der Waals surface area contributed by atoms with E-state index in [-0.39, 0.29) is 0 Å². The first-order valence-electron chi connectivity index (χ1n) is 4.78. The number of halogens is 1. The average Bonchev–Trinajstić information content (AvgIpc) is 2.03. The van der Waals surface area contributed by atoms with E-state index in [1.807, 2.05) is 0 Å². The van der Waals surface area contributed by atoms with Gasteiger partial charge in [0.15, 0.2) is 0 Å². The third kappa shape index (κ3) is 3.16. The Morgan fingerprint density at radius 2 is 2.42 bits per heavy atom. The molecule has 12 heavy (non-hydrogen) atoms. The largest absolute Gasteiger partial charge is 0.298 e. The molecule has 70 valence electrons. The Labute approximate surface area is 80.4 Å². The minimum atomic E-state index is 0.770. The van der Waals surface area contributed by atoms with Crippen molar-refractivity contribution in [3.8, 4) is 0 Å². The maximum Gasteiger partial charge on any atom is 0.0335 e. The van der Waals surface area contributed by atoms with E-state index in [1.165, 1.54) is 32.4 Å². The van der Waals surface area contributed by atoms with Crippen molar-refractivity contribution >= 4 is 11.6 Å². The zero-order valence-electron chi connectivity index (χ0n) is 7.85. The lowest BCUT2D eigenvalue weighted by Crippen LogP contribution is -2.35. The van der Waals surface area contributed by atoms with Crippen LogP contribution >= 0.6 is 11.6 Å². The molecule has 1 heterocycles. The highest BCUT2D eigenvalue weighted by Crippen LogP contribution is 2.19. The Balaban J connectivity index is 2.30. The monoisotopic (exact) mass is 187 g/mol. The molecule has 0 N–H and O–H groups in total. The number of piperidine rings is 1. The van der Waals surface area contributed by atoms with Gasteiger partial charge in [0.05, 0.1) is 0 Å². The second kappa shape index (κ2) is 4.88. The standard InChI is InChI=1S/C10H18ClN/c1-3-10-5-4-6-12(8-10)7-9(2)11/h10H,2-8H2,1H3. The van der Waals surface area contributed by atoms with Crippen LogP contribution in [0.2, 0.25) is 0 Å². The molecule has 2 heteroatoms. The topological polar surface area (TPSA) is 3.24 Å². The number of rotatable bonds is 3. The maximum absolute atomic E-state index is 5.77. The van der Waals surface area contributed by atoms with Gasteiger partial charge < -0.3 is 0 Å². The molecule has 1 atom stereocenters. The van der Waals surface area contributed by atoms with Gasteiger partial charge >= 0.3 is 0 Å². The van der Waals surface area contributed by atoms with Crippen LogP contribution in [-0.4, -0.2) is 24.5 Å². The van der Waals surface area contributed by atoms with E-state index in [0.717, 1.165) is 17.5 Å². The highest BCUT2D eigenvalue weighted by Gasteiger charge is 2.17. The second-order valence-electron chi connectivity index (χ2n) is 3.67. The Morgan fingerprint density at radius 3 is 3.00 bits per heavy atom. The molecule has 0 spiro atoms. The van der Waals surface area contributed by atoms with E-state index in [2.05, 4.69) is 18.4 Å². The molecule has 0 aromatic rings. The van der Waals surface area contributed by atoms with E-state index in [1.54, 1.807) is 0 Å². The SMILES string of the molecule is C=C(Cl)CN1CCCC(CC)C1. The summed E-state index contributed by atoms with van der Waals surface area (Å²) < 4.78 is 0. The van der Waals surface area contributed by atoms with Gasteiger partial charge in [0.25, 0.3) is 0 Å². The van der Waals surface area contributed by atoms with Gasteiger partial charge in [0.2, 0.25) is 0 Å². The molecule has 0 bridgehead atoms. The van der Waals surface area contributed by atoms with Crippen LogP contribution in [0, 0.1) is 5.92 Å². The van der Waals surface area contributed by atoms with Crippen molar-refractivity contribution in [1.29, 1.82) is 0 Å². The third-order valence-electron chi connectivity index (χ3n) is 2.58. The first-order valence-corrected chi connectivity index (χ1v) is 5.15. The van der Waals surface area contributed by atoms with Gasteiger partial charge in [0, 0.05) is 18.1 Å². The van der Waals surface area contributed by atoms with Crippen molar-refractivity contribution in [2.45, 2.75) is 26.2 Å². The van der Waals surface area contributed by atoms with Crippen molar-refractivity contribution in [3.63, 3.8) is 0 Å². The van der Waals surface area contributed by atoms with E-state index >= 15 is 0 Å². The molecule has 0 aromatic carbocycles. The van der Waals surface area contributed by atoms with Crippen LogP contribution < -0.4 is 0 Å². The fourth-order valence-electron chi connectivity index (χ4n) is 1.87. The molecule has 1 fully saturated rings. The predicted molar refractivity (Wildman–Crippen MR) is 54.4 cm³/mol. The molecular formula is C10H18ClN. The fraction of sp³-hybridized carbons (Fsp3) is 0.800. The summed E-state index contributed by atoms with van der Waals surface area (Å²) in [5.41, 5.74) is 0. The highest BCUT2D eigenvalue weighted by molar-refractivity contribution is 6.29. The first-order chi connectivity index (χ1) is 5.72. The highest BCUT2D eigenvalue weighted by atomic mass is 35.5. The Bertz CT molecular complexity index is 156. The molecular weight excluding hydrogens is 170 g/mol. The predicted octanol–water partition coefficient (Wildman–Crippen LogP) is 2.86. The van der Waals surface area contributed by atoms with E-state index in [0.29, 0.717) is 0 Å². The van der Waals surface area contributed by atoms with Crippen LogP contribution in [-0.2, 0) is 0 Å². The number of likely N-dealkylation sites (tertiary alicyclic amines) is 1. The summed E-state index contributed by atoms with van der Waals surface area (Å²) in [6.07, 6.45) is 4.01. The van der Waals surface area contributed by atoms with Gasteiger partial charge in [-0.2, -0.15) is 0 Å². The van der Waals surface area contributed by atoms with Crippen LogP contribution in [0.3, 0.4) is 0 Å². The van der Waals surface area contributed by atoms with Crippen molar-refractivity contribution in [1.82, 2.24) is 4.90 Å². The summed E-state index contributed by atoms with van der Waals surface area (Å²) in [5, 5.41) is 0.770. The lowest BCUT2D eigenvalue weighted by molar-refractivity contribution is 0.186. The average molecular weight is 188 g/mol. The summed E-state index contributed by atoms with van der Waals surface area (Å²) in [6, 6.07) is 0. The summed E-state index contributed by atoms with van der Waals surface area (Å²) in [5.74, 6) is 0.884. The summed E-state index contributed by atoms with van der Waals surface area (Å²) in [6.45, 7) is 9.27. The van der Waals surface area contributed by atoms with Crippen molar-refractivity contribution < 1.29 is 0 Å². The zero-order valence-corrected chi connectivity index (χ0v) is 8.61. The maximum atomic E-state index is 5.77. The van der Waals surface area contributed by atoms with Gasteiger partial charge in [0.1, 0.15) is 0 Å². The lowest BCUT2D eigenvalue weighted by atomic mass is 9.96. The van der Waals surface area contributed by atoms with Gasteiger partial charge in [-0.15, -0.1) is 0 Å². The lowest BCUT2D eigenvalue weighted by Gasteiger charge is -2.31. The molecule has 1 nitrogen and oxygen atoms in total. The minimum Gasteiger partial charge on any atom is -0.298 e. The third-order valence-corrected chi connectivity index (χ3v) is 2.70. The molecule has 1 saturated heterocycles. The van der Waals surface area contributed by atoms with Crippen LogP contribution in [0.25, 0.3) is 0 Å². The van der Waals surface area contributed by atoms with Crippen LogP contribution in [0.1, 0.15) is 26.2 Å². The molecule has 0 aromatic heterocycles. The Hall–Kier alpha value is -0.0100. The molecule has 1 rings (SSSR count). The Morgan fingerprint density at radius 1 is 1.67 bits per heavy atom. The van der Waals surface area contributed by atoms with Gasteiger partial charge in [-0.3, -0.25) is 4.90 Å². The van der Waals surface area contributed by atoms with Crippen LogP contribution in [0.15, 0.2) is 11.6 Å². The van der Waals surface area contributed by atoms with E-state index in [9.17, 15) is 0 Å². The molecule has 1 aliphatic rings. The molecule has 0 radical (unpaired) electrons. The van der Waals surface area contributed by atoms with Crippen molar-refractivity contribution in [2.24, 2.45) is 5.92 Å². The van der Waals surface area contributed by atoms with E-state index in [4.69, 9.17) is 11.6 Å². The number of nitrogens with zero attached hydrogens (tertiary/aromatic N) is 1. The minimum absolute atomic E-state index is 0.770. The molecule has 1 unspecified atom stereocenters. The smallest absolute Gasteiger partial charge is 0.0335 e. The number of hydrogen-bond acceptors (Lipinski definition) is 1. The van der Waals surface area contributed by atoms with Gasteiger partial charge in [-0.25, -0.2) is 0 Å². The first kappa shape index (κ1) is 10.1. The van der Waals surface area contributed by atoms with Gasteiger partial charge in [-0.05, 0) is 25.3 Å². The summed E-state index contributed by atoms with van der Waals surface area (Å²) in [4.78, 5) is 2.41. The zero-order chi connectivity index (χ0) is 8.97. The van der Waals surface area contributed by atoms with E-state index < -0.39 is 0 Å². The molecule has 0 saturated carbocycles.